The zero-order chi connectivity index (χ0) is 15.7. The Hall–Kier alpha value is -1.19. The van der Waals surface area contributed by atoms with Gasteiger partial charge in [-0.25, -0.2) is 4.68 Å². The molecule has 0 aromatic carbocycles. The number of carbonyl (C=O) groups excluding carboxylic acids is 1. The molecule has 2 N–H and O–H groups in total. The number of carbonyl (C=O) groups is 1. The highest BCUT2D eigenvalue weighted by molar-refractivity contribution is 8.00. The fourth-order valence-corrected chi connectivity index (χ4v) is 2.34. The van der Waals surface area contributed by atoms with Crippen LogP contribution in [0.2, 0.25) is 0 Å². The minimum Gasteiger partial charge on any atom is -0.383 e. The lowest BCUT2D eigenvalue weighted by Crippen LogP contribution is -2.36. The molecule has 1 amide bonds. The van der Waals surface area contributed by atoms with E-state index in [4.69, 9.17) is 4.74 Å². The van der Waals surface area contributed by atoms with Gasteiger partial charge in [0.05, 0.1) is 18.4 Å². The number of aromatic nitrogens is 4. The molecule has 1 aromatic heterocycles. The van der Waals surface area contributed by atoms with Crippen LogP contribution in [0.25, 0.3) is 0 Å². The molecule has 0 spiro atoms. The maximum atomic E-state index is 11.9. The Morgan fingerprint density at radius 1 is 1.38 bits per heavy atom. The van der Waals surface area contributed by atoms with Gasteiger partial charge in [-0.2, -0.15) is 0 Å². The van der Waals surface area contributed by atoms with E-state index >= 15 is 0 Å². The third-order valence-corrected chi connectivity index (χ3v) is 3.64. The summed E-state index contributed by atoms with van der Waals surface area (Å²) in [7, 11) is 1.67. The van der Waals surface area contributed by atoms with E-state index < -0.39 is 0 Å². The predicted octanol–water partition coefficient (Wildman–Crippen LogP) is -0.0857. The summed E-state index contributed by atoms with van der Waals surface area (Å²) in [6.45, 7) is 8.57. The average Bonchev–Trinajstić information content (AvgIpc) is 2.85. The second-order valence-corrected chi connectivity index (χ2v) is 6.16. The Bertz CT molecular complexity index is 426. The number of ether oxygens (including phenoxy) is 1. The fraction of sp³-hybridized carbons (Fsp3) is 0.833. The lowest BCUT2D eigenvalue weighted by Gasteiger charge is -2.13. The van der Waals surface area contributed by atoms with E-state index in [1.54, 1.807) is 11.8 Å². The Labute approximate surface area is 129 Å². The maximum absolute atomic E-state index is 11.9. The van der Waals surface area contributed by atoms with E-state index in [9.17, 15) is 4.79 Å². The number of rotatable bonds is 10. The summed E-state index contributed by atoms with van der Waals surface area (Å²) in [5, 5.41) is 18.1. The molecule has 1 rings (SSSR count). The summed E-state index contributed by atoms with van der Waals surface area (Å²) in [6, 6.07) is 0.126. The van der Waals surface area contributed by atoms with Crippen molar-refractivity contribution in [3.8, 4) is 0 Å². The standard InChI is InChI=1S/C12H24N6O2S/c1-9(2)14-11(19)10(3)21-12-15-16-17-18(12)7-5-13-6-8-20-4/h9-10,13H,5-8H2,1-4H3,(H,14,19). The molecule has 8 nitrogen and oxygen atoms in total. The van der Waals surface area contributed by atoms with Gasteiger partial charge in [0.2, 0.25) is 11.1 Å². The van der Waals surface area contributed by atoms with Gasteiger partial charge in [-0.15, -0.1) is 5.10 Å². The van der Waals surface area contributed by atoms with Crippen LogP contribution in [0, 0.1) is 0 Å². The highest BCUT2D eigenvalue weighted by Crippen LogP contribution is 2.20. The van der Waals surface area contributed by atoms with E-state index in [0.717, 1.165) is 13.1 Å². The molecular weight excluding hydrogens is 292 g/mol. The third-order valence-electron chi connectivity index (χ3n) is 2.56. The summed E-state index contributed by atoms with van der Waals surface area (Å²) in [4.78, 5) is 11.9. The first kappa shape index (κ1) is 17.9. The highest BCUT2D eigenvalue weighted by atomic mass is 32.2. The van der Waals surface area contributed by atoms with Crippen molar-refractivity contribution in [3.05, 3.63) is 0 Å². The summed E-state index contributed by atoms with van der Waals surface area (Å²) < 4.78 is 6.65. The number of hydrogen-bond donors (Lipinski definition) is 2. The van der Waals surface area contributed by atoms with Crippen LogP contribution in [0.1, 0.15) is 20.8 Å². The number of amides is 1. The van der Waals surface area contributed by atoms with Crippen molar-refractivity contribution in [2.24, 2.45) is 0 Å². The van der Waals surface area contributed by atoms with Gasteiger partial charge in [0.15, 0.2) is 0 Å². The van der Waals surface area contributed by atoms with Crippen LogP contribution in [0.5, 0.6) is 0 Å². The summed E-state index contributed by atoms with van der Waals surface area (Å²) in [5.74, 6) is -0.0113. The van der Waals surface area contributed by atoms with Crippen LogP contribution in [0.3, 0.4) is 0 Å². The first-order valence-corrected chi connectivity index (χ1v) is 7.85. The van der Waals surface area contributed by atoms with Crippen LogP contribution in [0.4, 0.5) is 0 Å². The molecule has 0 saturated heterocycles. The molecule has 0 saturated carbocycles. The lowest BCUT2D eigenvalue weighted by molar-refractivity contribution is -0.120. The summed E-state index contributed by atoms with van der Waals surface area (Å²) in [6.07, 6.45) is 0. The SMILES string of the molecule is COCCNCCn1nnnc1SC(C)C(=O)NC(C)C. The van der Waals surface area contributed by atoms with Gasteiger partial charge < -0.3 is 15.4 Å². The zero-order valence-corrected chi connectivity index (χ0v) is 13.8. The molecular formula is C12H24N6O2S. The van der Waals surface area contributed by atoms with Gasteiger partial charge in [-0.1, -0.05) is 11.8 Å². The van der Waals surface area contributed by atoms with E-state index in [0.29, 0.717) is 18.3 Å². The minimum atomic E-state index is -0.237. The monoisotopic (exact) mass is 316 g/mol. The maximum Gasteiger partial charge on any atom is 0.233 e. The number of nitrogens with zero attached hydrogens (tertiary/aromatic N) is 4. The predicted molar refractivity (Wildman–Crippen MR) is 81.2 cm³/mol. The van der Waals surface area contributed by atoms with Crippen molar-refractivity contribution < 1.29 is 9.53 Å². The van der Waals surface area contributed by atoms with Gasteiger partial charge >= 0.3 is 0 Å². The van der Waals surface area contributed by atoms with Crippen molar-refractivity contribution in [3.63, 3.8) is 0 Å². The van der Waals surface area contributed by atoms with Crippen molar-refractivity contribution in [1.82, 2.24) is 30.8 Å². The molecule has 0 aliphatic rings. The molecule has 0 aliphatic carbocycles. The summed E-state index contributed by atoms with van der Waals surface area (Å²) in [5.41, 5.74) is 0. The van der Waals surface area contributed by atoms with E-state index in [-0.39, 0.29) is 17.2 Å². The number of thioether (sulfide) groups is 1. The molecule has 0 bridgehead atoms. The smallest absolute Gasteiger partial charge is 0.233 e. The first-order valence-electron chi connectivity index (χ1n) is 6.97. The average molecular weight is 316 g/mol. The second-order valence-electron chi connectivity index (χ2n) is 4.85. The number of methoxy groups -OCH3 is 1. The van der Waals surface area contributed by atoms with Gasteiger partial charge in [0, 0.05) is 26.2 Å². The molecule has 120 valence electrons. The molecule has 0 radical (unpaired) electrons. The molecule has 0 aliphatic heterocycles. The molecule has 9 heteroatoms. The van der Waals surface area contributed by atoms with Crippen LogP contribution < -0.4 is 10.6 Å². The quantitative estimate of drug-likeness (QED) is 0.460. The highest BCUT2D eigenvalue weighted by Gasteiger charge is 2.18. The van der Waals surface area contributed by atoms with E-state index in [2.05, 4.69) is 26.2 Å². The van der Waals surface area contributed by atoms with E-state index in [1.807, 2.05) is 20.8 Å². The number of tetrazole rings is 1. The van der Waals surface area contributed by atoms with Gasteiger partial charge in [0.1, 0.15) is 0 Å². The van der Waals surface area contributed by atoms with Crippen molar-refractivity contribution >= 4 is 17.7 Å². The summed E-state index contributed by atoms with van der Waals surface area (Å²) >= 11 is 1.36. The third kappa shape index (κ3) is 6.87. The second kappa shape index (κ2) is 9.69. The van der Waals surface area contributed by atoms with Gasteiger partial charge in [0.25, 0.3) is 0 Å². The minimum absolute atomic E-state index is 0.0113. The molecule has 0 fully saturated rings. The van der Waals surface area contributed by atoms with Gasteiger partial charge in [-0.05, 0) is 31.2 Å². The Morgan fingerprint density at radius 2 is 2.14 bits per heavy atom. The van der Waals surface area contributed by atoms with Crippen molar-refractivity contribution in [2.45, 2.75) is 43.8 Å². The lowest BCUT2D eigenvalue weighted by atomic mass is 10.3. The number of nitrogens with one attached hydrogen (secondary N) is 2. The van der Waals surface area contributed by atoms with Crippen LogP contribution in [-0.2, 0) is 16.1 Å². The largest absolute Gasteiger partial charge is 0.383 e. The molecule has 1 aromatic rings. The number of hydrogen-bond acceptors (Lipinski definition) is 7. The molecule has 1 unspecified atom stereocenters. The van der Waals surface area contributed by atoms with Crippen LogP contribution >= 0.6 is 11.8 Å². The first-order chi connectivity index (χ1) is 10.0. The Morgan fingerprint density at radius 3 is 2.81 bits per heavy atom. The zero-order valence-electron chi connectivity index (χ0n) is 13.0. The van der Waals surface area contributed by atoms with Crippen molar-refractivity contribution in [2.75, 3.05) is 26.8 Å². The molecule has 1 heterocycles. The van der Waals surface area contributed by atoms with Crippen LogP contribution in [0.15, 0.2) is 5.16 Å². The Balaban J connectivity index is 2.42. The van der Waals surface area contributed by atoms with Crippen LogP contribution in [-0.4, -0.2) is 64.2 Å². The fourth-order valence-electron chi connectivity index (χ4n) is 1.52. The van der Waals surface area contributed by atoms with Gasteiger partial charge in [-0.3, -0.25) is 4.79 Å². The van der Waals surface area contributed by atoms with E-state index in [1.165, 1.54) is 11.8 Å². The normalized spacial score (nSPS) is 12.6. The Kier molecular flexibility index (Phi) is 8.24. The molecule has 1 atom stereocenters. The molecule has 21 heavy (non-hydrogen) atoms. The van der Waals surface area contributed by atoms with Crippen molar-refractivity contribution in [1.29, 1.82) is 0 Å². The topological polar surface area (TPSA) is 94.0 Å².